The molecule has 0 radical (unpaired) electrons. The quantitative estimate of drug-likeness (QED) is 0.512. The number of aryl methyl sites for hydroxylation is 2. The van der Waals surface area contributed by atoms with E-state index < -0.39 is 12.1 Å². The third-order valence-corrected chi connectivity index (χ3v) is 4.66. The second kappa shape index (κ2) is 7.33. The molecule has 1 amide bonds. The van der Waals surface area contributed by atoms with Crippen molar-refractivity contribution in [2.45, 2.75) is 26.6 Å². The van der Waals surface area contributed by atoms with Crippen molar-refractivity contribution in [3.05, 3.63) is 65.7 Å². The van der Waals surface area contributed by atoms with Gasteiger partial charge in [0.05, 0.1) is 0 Å². The van der Waals surface area contributed by atoms with E-state index in [9.17, 15) is 18.0 Å². The summed E-state index contributed by atoms with van der Waals surface area (Å²) >= 11 is 0. The molecule has 0 aliphatic heterocycles. The van der Waals surface area contributed by atoms with Gasteiger partial charge in [-0.25, -0.2) is 0 Å². The molecule has 0 saturated heterocycles. The number of benzene rings is 2. The maximum atomic E-state index is 12.7. The van der Waals surface area contributed by atoms with Gasteiger partial charge in [-0.15, -0.1) is 0 Å². The van der Waals surface area contributed by atoms with Crippen molar-refractivity contribution in [1.82, 2.24) is 14.7 Å². The lowest BCUT2D eigenvalue weighted by Crippen LogP contribution is -2.18. The molecule has 2 aromatic carbocycles. The fraction of sp³-hybridized carbons (Fsp3) is 0.190. The normalized spacial score (nSPS) is 11.8. The highest BCUT2D eigenvalue weighted by atomic mass is 19.4. The summed E-state index contributed by atoms with van der Waals surface area (Å²) in [7, 11) is 0. The van der Waals surface area contributed by atoms with Crippen molar-refractivity contribution in [2.24, 2.45) is 0 Å². The first-order valence-electron chi connectivity index (χ1n) is 9.08. The Morgan fingerprint density at radius 3 is 2.53 bits per heavy atom. The van der Waals surface area contributed by atoms with Crippen LogP contribution in [0.25, 0.3) is 22.3 Å². The number of fused-ring (bicyclic) bond motifs is 1. The van der Waals surface area contributed by atoms with Gasteiger partial charge >= 0.3 is 12.1 Å². The molecule has 0 unspecified atom stereocenters. The Balaban J connectivity index is 1.62. The molecule has 30 heavy (non-hydrogen) atoms. The first kappa shape index (κ1) is 19.7. The van der Waals surface area contributed by atoms with Crippen LogP contribution in [-0.4, -0.2) is 20.6 Å². The number of aromatic nitrogens is 3. The predicted octanol–water partition coefficient (Wildman–Crippen LogP) is 4.97. The number of nitrogens with zero attached hydrogens (tertiary/aromatic N) is 3. The monoisotopic (exact) mass is 414 g/mol. The van der Waals surface area contributed by atoms with Gasteiger partial charge in [-0.1, -0.05) is 35.0 Å². The number of halogens is 3. The van der Waals surface area contributed by atoms with Crippen LogP contribution in [0, 0.1) is 13.8 Å². The van der Waals surface area contributed by atoms with Crippen molar-refractivity contribution in [3.8, 4) is 11.4 Å². The molecule has 2 aromatic heterocycles. The fourth-order valence-corrected chi connectivity index (χ4v) is 3.19. The number of hydrogen-bond acceptors (Lipinski definition) is 4. The Kier molecular flexibility index (Phi) is 4.81. The third kappa shape index (κ3) is 3.91. The number of amides is 1. The second-order valence-electron chi connectivity index (χ2n) is 7.01. The Bertz CT molecular complexity index is 1220. The minimum absolute atomic E-state index is 0.0434. The summed E-state index contributed by atoms with van der Waals surface area (Å²) in [5.74, 6) is -1.79. The molecule has 9 heteroatoms. The largest absolute Gasteiger partial charge is 0.471 e. The molecule has 4 rings (SSSR count). The molecule has 1 N–H and O–H groups in total. The summed E-state index contributed by atoms with van der Waals surface area (Å²) in [6, 6.07) is 12.5. The van der Waals surface area contributed by atoms with Crippen LogP contribution < -0.4 is 5.32 Å². The molecule has 154 valence electrons. The highest BCUT2D eigenvalue weighted by molar-refractivity contribution is 5.93. The van der Waals surface area contributed by atoms with Crippen LogP contribution in [0.5, 0.6) is 0 Å². The summed E-state index contributed by atoms with van der Waals surface area (Å²) in [5, 5.41) is 7.14. The molecular weight excluding hydrogens is 397 g/mol. The number of carbonyl (C=O) groups is 1. The van der Waals surface area contributed by atoms with E-state index in [1.54, 1.807) is 22.8 Å². The molecule has 4 aromatic rings. The van der Waals surface area contributed by atoms with Gasteiger partial charge in [0.25, 0.3) is 0 Å². The van der Waals surface area contributed by atoms with Crippen LogP contribution in [0.1, 0.15) is 17.0 Å². The Morgan fingerprint density at radius 1 is 1.13 bits per heavy atom. The minimum atomic E-state index is -4.71. The first-order chi connectivity index (χ1) is 14.2. The third-order valence-electron chi connectivity index (χ3n) is 4.66. The predicted molar refractivity (Wildman–Crippen MR) is 105 cm³/mol. The molecule has 0 aliphatic carbocycles. The molecule has 0 aliphatic rings. The number of alkyl halides is 3. The molecule has 0 atom stereocenters. The van der Waals surface area contributed by atoms with Crippen LogP contribution >= 0.6 is 0 Å². The maximum absolute atomic E-state index is 12.7. The molecular formula is C21H17F3N4O2. The molecule has 6 nitrogen and oxygen atoms in total. The van der Waals surface area contributed by atoms with Gasteiger partial charge < -0.3 is 14.4 Å². The van der Waals surface area contributed by atoms with Crippen LogP contribution in [0.4, 0.5) is 18.9 Å². The van der Waals surface area contributed by atoms with E-state index in [4.69, 9.17) is 0 Å². The van der Waals surface area contributed by atoms with Crippen LogP contribution in [0.2, 0.25) is 0 Å². The van der Waals surface area contributed by atoms with Gasteiger partial charge in [0, 0.05) is 28.4 Å². The van der Waals surface area contributed by atoms with E-state index in [2.05, 4.69) is 20.0 Å². The van der Waals surface area contributed by atoms with Crippen molar-refractivity contribution < 1.29 is 22.5 Å². The van der Waals surface area contributed by atoms with Crippen molar-refractivity contribution in [1.29, 1.82) is 0 Å². The number of carbonyl (C=O) groups excluding carboxylic acids is 1. The lowest BCUT2D eigenvalue weighted by atomic mass is 10.1. The van der Waals surface area contributed by atoms with Crippen molar-refractivity contribution >= 4 is 22.5 Å². The van der Waals surface area contributed by atoms with Gasteiger partial charge in [0.2, 0.25) is 11.7 Å². The summed E-state index contributed by atoms with van der Waals surface area (Å²) in [6.07, 6.45) is -2.89. The zero-order valence-corrected chi connectivity index (χ0v) is 16.1. The van der Waals surface area contributed by atoms with Crippen LogP contribution in [0.15, 0.2) is 53.2 Å². The molecule has 0 fully saturated rings. The van der Waals surface area contributed by atoms with Crippen LogP contribution in [-0.2, 0) is 17.5 Å². The van der Waals surface area contributed by atoms with E-state index >= 15 is 0 Å². The molecule has 0 spiro atoms. The summed E-state index contributed by atoms with van der Waals surface area (Å²) in [5.41, 5.74) is 3.75. The number of anilines is 1. The first-order valence-corrected chi connectivity index (χ1v) is 9.08. The van der Waals surface area contributed by atoms with Gasteiger partial charge in [0.1, 0.15) is 6.54 Å². The second-order valence-corrected chi connectivity index (χ2v) is 7.01. The van der Waals surface area contributed by atoms with E-state index in [1.807, 2.05) is 44.3 Å². The number of nitrogens with one attached hydrogen (secondary N) is 1. The van der Waals surface area contributed by atoms with E-state index in [-0.39, 0.29) is 18.3 Å². The van der Waals surface area contributed by atoms with E-state index in [0.717, 1.165) is 16.5 Å². The maximum Gasteiger partial charge on any atom is 0.471 e. The number of hydrogen-bond donors (Lipinski definition) is 1. The lowest BCUT2D eigenvalue weighted by molar-refractivity contribution is -0.159. The summed E-state index contributed by atoms with van der Waals surface area (Å²) in [4.78, 5) is 15.9. The van der Waals surface area contributed by atoms with E-state index in [1.165, 1.54) is 0 Å². The zero-order chi connectivity index (χ0) is 21.5. The van der Waals surface area contributed by atoms with Gasteiger partial charge in [-0.2, -0.15) is 18.2 Å². The zero-order valence-electron chi connectivity index (χ0n) is 16.1. The fourth-order valence-electron chi connectivity index (χ4n) is 3.19. The Labute approximate surface area is 169 Å². The number of rotatable bonds is 4. The highest BCUT2D eigenvalue weighted by Crippen LogP contribution is 2.31. The average Bonchev–Trinajstić information content (AvgIpc) is 3.29. The topological polar surface area (TPSA) is 73.0 Å². The Hall–Kier alpha value is -3.62. The van der Waals surface area contributed by atoms with Gasteiger partial charge in [0.15, 0.2) is 0 Å². The van der Waals surface area contributed by atoms with Crippen LogP contribution in [0.3, 0.4) is 0 Å². The molecule has 2 heterocycles. The Morgan fingerprint density at radius 2 is 1.87 bits per heavy atom. The van der Waals surface area contributed by atoms with Crippen molar-refractivity contribution in [3.63, 3.8) is 0 Å². The SMILES string of the molecule is Cc1ccc(NC(=O)Cn2cc(C)c3ccc(-c4noc(C(F)(F)F)n4)cc32)cc1. The summed E-state index contributed by atoms with van der Waals surface area (Å²) in [6.45, 7) is 3.90. The van der Waals surface area contributed by atoms with Gasteiger partial charge in [-0.3, -0.25) is 4.79 Å². The minimum Gasteiger partial charge on any atom is -0.338 e. The highest BCUT2D eigenvalue weighted by Gasteiger charge is 2.38. The standard InChI is InChI=1S/C21H17F3N4O2/c1-12-3-6-15(7-4-12)25-18(29)11-28-10-13(2)16-8-5-14(9-17(16)28)19-26-20(30-27-19)21(22,23)24/h3-10H,11H2,1-2H3,(H,25,29). The van der Waals surface area contributed by atoms with Gasteiger partial charge in [-0.05, 0) is 37.6 Å². The smallest absolute Gasteiger partial charge is 0.338 e. The molecule has 0 saturated carbocycles. The van der Waals surface area contributed by atoms with Crippen molar-refractivity contribution in [2.75, 3.05) is 5.32 Å². The molecule has 0 bridgehead atoms. The lowest BCUT2D eigenvalue weighted by Gasteiger charge is -2.08. The van der Waals surface area contributed by atoms with E-state index in [0.29, 0.717) is 16.8 Å². The average molecular weight is 414 g/mol. The summed E-state index contributed by atoms with van der Waals surface area (Å²) < 4.78 is 44.3.